The molecule has 24 heavy (non-hydrogen) atoms. The molecule has 0 radical (unpaired) electrons. The molecule has 1 atom stereocenters. The van der Waals surface area contributed by atoms with Crippen LogP contribution in [0.4, 0.5) is 4.39 Å². The molecule has 1 N–H and O–H groups in total. The fourth-order valence-electron chi connectivity index (χ4n) is 2.64. The summed E-state index contributed by atoms with van der Waals surface area (Å²) in [7, 11) is 2.06. The summed E-state index contributed by atoms with van der Waals surface area (Å²) in [4.78, 5) is 6.82. The normalized spacial score (nSPS) is 17.8. The maximum atomic E-state index is 12.8. The van der Waals surface area contributed by atoms with Crippen molar-refractivity contribution < 1.29 is 13.9 Å². The minimum absolute atomic E-state index is 0.252. The average Bonchev–Trinajstić information content (AvgIpc) is 3.08. The Morgan fingerprint density at radius 3 is 2.88 bits per heavy atom. The van der Waals surface area contributed by atoms with Crippen LogP contribution in [0, 0.1) is 11.7 Å². The van der Waals surface area contributed by atoms with Crippen LogP contribution in [0.3, 0.4) is 0 Å². The Bertz CT molecular complexity index is 501. The molecule has 1 heterocycles. The van der Waals surface area contributed by atoms with Crippen LogP contribution in [0.5, 0.6) is 5.75 Å². The lowest BCUT2D eigenvalue weighted by atomic mass is 10.1. The Hall–Kier alpha value is -1.82. The van der Waals surface area contributed by atoms with Gasteiger partial charge in [-0.05, 0) is 37.6 Å². The lowest BCUT2D eigenvalue weighted by molar-refractivity contribution is 0.181. The fourth-order valence-corrected chi connectivity index (χ4v) is 2.64. The van der Waals surface area contributed by atoms with Crippen molar-refractivity contribution in [3.05, 3.63) is 30.1 Å². The highest BCUT2D eigenvalue weighted by molar-refractivity contribution is 5.79. The number of aliphatic imine (C=N–C) groups is 1. The number of ether oxygens (including phenoxy) is 2. The molecule has 0 saturated carbocycles. The minimum Gasteiger partial charge on any atom is -0.494 e. The molecule has 0 aliphatic carbocycles. The van der Waals surface area contributed by atoms with Crippen molar-refractivity contribution in [3.8, 4) is 5.75 Å². The number of hydrogen-bond acceptors (Lipinski definition) is 3. The van der Waals surface area contributed by atoms with Gasteiger partial charge in [-0.15, -0.1) is 0 Å². The first kappa shape index (κ1) is 18.5. The first-order chi connectivity index (χ1) is 11.7. The van der Waals surface area contributed by atoms with E-state index in [2.05, 4.69) is 29.2 Å². The van der Waals surface area contributed by atoms with Crippen molar-refractivity contribution in [2.45, 2.75) is 19.8 Å². The van der Waals surface area contributed by atoms with Crippen molar-refractivity contribution in [3.63, 3.8) is 0 Å². The van der Waals surface area contributed by atoms with Crippen LogP contribution in [-0.4, -0.2) is 57.4 Å². The van der Waals surface area contributed by atoms with E-state index in [1.165, 1.54) is 12.1 Å². The molecule has 0 aromatic heterocycles. The molecule has 1 aliphatic rings. The molecule has 5 nitrogen and oxygen atoms in total. The predicted molar refractivity (Wildman–Crippen MR) is 94.0 cm³/mol. The molecule has 0 amide bonds. The highest BCUT2D eigenvalue weighted by Crippen LogP contribution is 2.13. The molecule has 1 aromatic rings. The van der Waals surface area contributed by atoms with E-state index in [0.717, 1.165) is 45.1 Å². The monoisotopic (exact) mass is 337 g/mol. The van der Waals surface area contributed by atoms with Crippen LogP contribution >= 0.6 is 0 Å². The first-order valence-corrected chi connectivity index (χ1v) is 8.64. The van der Waals surface area contributed by atoms with Gasteiger partial charge in [0.05, 0.1) is 13.2 Å². The van der Waals surface area contributed by atoms with E-state index < -0.39 is 0 Å². The van der Waals surface area contributed by atoms with Gasteiger partial charge in [0.1, 0.15) is 11.6 Å². The van der Waals surface area contributed by atoms with Crippen molar-refractivity contribution >= 4 is 5.96 Å². The summed E-state index contributed by atoms with van der Waals surface area (Å²) in [5, 5.41) is 3.32. The first-order valence-electron chi connectivity index (χ1n) is 8.64. The van der Waals surface area contributed by atoms with Gasteiger partial charge in [-0.3, -0.25) is 4.99 Å². The maximum Gasteiger partial charge on any atom is 0.193 e. The highest BCUT2D eigenvalue weighted by Gasteiger charge is 2.18. The van der Waals surface area contributed by atoms with Crippen molar-refractivity contribution in [2.24, 2.45) is 10.9 Å². The zero-order chi connectivity index (χ0) is 17.2. The number of nitrogens with zero attached hydrogens (tertiary/aromatic N) is 2. The van der Waals surface area contributed by atoms with Crippen molar-refractivity contribution in [1.82, 2.24) is 10.2 Å². The molecular formula is C18H28FN3O2. The Kier molecular flexibility index (Phi) is 7.82. The molecule has 1 aliphatic heterocycles. The fraction of sp³-hybridized carbons (Fsp3) is 0.611. The summed E-state index contributed by atoms with van der Waals surface area (Å²) in [5.74, 6) is 1.94. The average molecular weight is 337 g/mol. The maximum absolute atomic E-state index is 12.8. The molecule has 0 spiro atoms. The molecule has 1 unspecified atom stereocenters. The van der Waals surface area contributed by atoms with Crippen LogP contribution < -0.4 is 10.1 Å². The zero-order valence-corrected chi connectivity index (χ0v) is 14.6. The standard InChI is InChI=1S/C18H28FN3O2/c1-3-20-18(22(2)13-15-9-12-23-14-15)21-10-4-11-24-17-7-5-16(19)6-8-17/h5-8,15H,3-4,9-14H2,1-2H3,(H,20,21). The third-order valence-corrected chi connectivity index (χ3v) is 3.90. The SMILES string of the molecule is CCNC(=NCCCOc1ccc(F)cc1)N(C)CC1CCOC1. The number of benzene rings is 1. The number of halogens is 1. The summed E-state index contributed by atoms with van der Waals surface area (Å²) in [6.45, 7) is 6.83. The molecule has 1 aromatic carbocycles. The predicted octanol–water partition coefficient (Wildman–Crippen LogP) is 2.53. The summed E-state index contributed by atoms with van der Waals surface area (Å²) in [6, 6.07) is 6.08. The largest absolute Gasteiger partial charge is 0.494 e. The third-order valence-electron chi connectivity index (χ3n) is 3.90. The van der Waals surface area contributed by atoms with Crippen LogP contribution in [0.1, 0.15) is 19.8 Å². The number of rotatable bonds is 8. The second-order valence-electron chi connectivity index (χ2n) is 6.00. The zero-order valence-electron chi connectivity index (χ0n) is 14.6. The lowest BCUT2D eigenvalue weighted by Crippen LogP contribution is -2.41. The minimum atomic E-state index is -0.252. The topological polar surface area (TPSA) is 46.1 Å². The van der Waals surface area contributed by atoms with Gasteiger partial charge < -0.3 is 19.7 Å². The Morgan fingerprint density at radius 2 is 2.21 bits per heavy atom. The Balaban J connectivity index is 1.72. The molecule has 0 bridgehead atoms. The molecule has 6 heteroatoms. The highest BCUT2D eigenvalue weighted by atomic mass is 19.1. The number of nitrogens with one attached hydrogen (secondary N) is 1. The van der Waals surface area contributed by atoms with E-state index in [-0.39, 0.29) is 5.82 Å². The summed E-state index contributed by atoms with van der Waals surface area (Å²) >= 11 is 0. The van der Waals surface area contributed by atoms with Gasteiger partial charge in [0.15, 0.2) is 5.96 Å². The van der Waals surface area contributed by atoms with Gasteiger partial charge in [-0.1, -0.05) is 0 Å². The quantitative estimate of drug-likeness (QED) is 0.450. The van der Waals surface area contributed by atoms with Gasteiger partial charge in [0.2, 0.25) is 0 Å². The lowest BCUT2D eigenvalue weighted by Gasteiger charge is -2.24. The molecular weight excluding hydrogens is 309 g/mol. The van der Waals surface area contributed by atoms with Crippen LogP contribution in [0.25, 0.3) is 0 Å². The van der Waals surface area contributed by atoms with E-state index in [4.69, 9.17) is 9.47 Å². The smallest absolute Gasteiger partial charge is 0.193 e. The van der Waals surface area contributed by atoms with Gasteiger partial charge >= 0.3 is 0 Å². The van der Waals surface area contributed by atoms with Gasteiger partial charge in [0.25, 0.3) is 0 Å². The second kappa shape index (κ2) is 10.1. The van der Waals surface area contributed by atoms with Gasteiger partial charge in [-0.25, -0.2) is 4.39 Å². The third kappa shape index (κ3) is 6.35. The second-order valence-corrected chi connectivity index (χ2v) is 6.00. The van der Waals surface area contributed by atoms with Crippen LogP contribution in [-0.2, 0) is 4.74 Å². The molecule has 2 rings (SSSR count). The van der Waals surface area contributed by atoms with E-state index in [0.29, 0.717) is 24.8 Å². The Morgan fingerprint density at radius 1 is 1.42 bits per heavy atom. The van der Waals surface area contributed by atoms with Crippen LogP contribution in [0.15, 0.2) is 29.3 Å². The van der Waals surface area contributed by atoms with Crippen molar-refractivity contribution in [2.75, 3.05) is 46.5 Å². The van der Waals surface area contributed by atoms with Gasteiger partial charge in [-0.2, -0.15) is 0 Å². The number of hydrogen-bond donors (Lipinski definition) is 1. The Labute approximate surface area is 143 Å². The molecule has 134 valence electrons. The van der Waals surface area contributed by atoms with E-state index in [9.17, 15) is 4.39 Å². The van der Waals surface area contributed by atoms with E-state index >= 15 is 0 Å². The number of guanidine groups is 1. The molecule has 1 fully saturated rings. The van der Waals surface area contributed by atoms with Crippen molar-refractivity contribution in [1.29, 1.82) is 0 Å². The molecule has 1 saturated heterocycles. The summed E-state index contributed by atoms with van der Waals surface area (Å²) in [5.41, 5.74) is 0. The van der Waals surface area contributed by atoms with Gasteiger partial charge in [0, 0.05) is 45.6 Å². The summed E-state index contributed by atoms with van der Waals surface area (Å²) in [6.07, 6.45) is 1.93. The van der Waals surface area contributed by atoms with E-state index in [1.54, 1.807) is 12.1 Å². The summed E-state index contributed by atoms with van der Waals surface area (Å²) < 4.78 is 23.8. The van der Waals surface area contributed by atoms with Crippen LogP contribution in [0.2, 0.25) is 0 Å². The van der Waals surface area contributed by atoms with E-state index in [1.807, 2.05) is 0 Å².